The summed E-state index contributed by atoms with van der Waals surface area (Å²) in [5, 5.41) is 4.42. The molecule has 2 nitrogen and oxygen atoms in total. The maximum atomic E-state index is 4.30. The standard InChI is InChI=1S/C8H10N2S/c1-2-4-10-8(3-1)11-6-5-9-7-11/h1-4,7,9H,5-6H2. The summed E-state index contributed by atoms with van der Waals surface area (Å²) in [6, 6.07) is 6.09. The van der Waals surface area contributed by atoms with E-state index in [1.165, 1.54) is 10.8 Å². The topological polar surface area (TPSA) is 24.9 Å². The van der Waals surface area contributed by atoms with Gasteiger partial charge in [0, 0.05) is 24.0 Å². The van der Waals surface area contributed by atoms with Crippen molar-refractivity contribution in [2.45, 2.75) is 5.03 Å². The van der Waals surface area contributed by atoms with E-state index < -0.39 is 0 Å². The Morgan fingerprint density at radius 3 is 3.09 bits per heavy atom. The van der Waals surface area contributed by atoms with Gasteiger partial charge >= 0.3 is 0 Å². The molecule has 1 aromatic rings. The summed E-state index contributed by atoms with van der Waals surface area (Å²) in [7, 11) is 0.262. The summed E-state index contributed by atoms with van der Waals surface area (Å²) in [6.07, 6.45) is 1.86. The van der Waals surface area contributed by atoms with Crippen LogP contribution in [0.3, 0.4) is 0 Å². The predicted octanol–water partition coefficient (Wildman–Crippen LogP) is 1.07. The normalized spacial score (nSPS) is 23.1. The van der Waals surface area contributed by atoms with Crippen LogP contribution in [0.1, 0.15) is 0 Å². The van der Waals surface area contributed by atoms with Crippen LogP contribution in [0.25, 0.3) is 0 Å². The monoisotopic (exact) mass is 166 g/mol. The highest BCUT2D eigenvalue weighted by Gasteiger charge is 2.04. The van der Waals surface area contributed by atoms with Gasteiger partial charge in [0.25, 0.3) is 0 Å². The molecule has 11 heavy (non-hydrogen) atoms. The quantitative estimate of drug-likeness (QED) is 0.631. The van der Waals surface area contributed by atoms with Crippen molar-refractivity contribution in [1.29, 1.82) is 0 Å². The zero-order valence-electron chi connectivity index (χ0n) is 6.16. The Labute approximate surface area is 68.6 Å². The highest BCUT2D eigenvalue weighted by Crippen LogP contribution is 2.23. The minimum absolute atomic E-state index is 0.262. The molecule has 3 heteroatoms. The molecule has 1 atom stereocenters. The number of rotatable bonds is 1. The molecular formula is C8H10N2S. The van der Waals surface area contributed by atoms with Crippen LogP contribution >= 0.6 is 10.5 Å². The van der Waals surface area contributed by atoms with Gasteiger partial charge in [0.05, 0.1) is 5.03 Å². The summed E-state index contributed by atoms with van der Waals surface area (Å²) in [5.74, 6) is 1.21. The molecule has 0 radical (unpaired) electrons. The molecular weight excluding hydrogens is 156 g/mol. The maximum absolute atomic E-state index is 4.30. The lowest BCUT2D eigenvalue weighted by atomic mass is 10.5. The van der Waals surface area contributed by atoms with Crippen LogP contribution in [0.4, 0.5) is 0 Å². The molecule has 0 aliphatic carbocycles. The van der Waals surface area contributed by atoms with Gasteiger partial charge in [0.2, 0.25) is 0 Å². The number of hydrogen-bond donors (Lipinski definition) is 1. The average molecular weight is 166 g/mol. The van der Waals surface area contributed by atoms with Crippen LogP contribution in [-0.4, -0.2) is 22.8 Å². The predicted molar refractivity (Wildman–Crippen MR) is 49.0 cm³/mol. The summed E-state index contributed by atoms with van der Waals surface area (Å²) in [4.78, 5) is 4.30. The molecule has 0 spiro atoms. The molecule has 0 amide bonds. The van der Waals surface area contributed by atoms with Gasteiger partial charge in [-0.3, -0.25) is 10.3 Å². The fourth-order valence-electron chi connectivity index (χ4n) is 1.05. The van der Waals surface area contributed by atoms with Gasteiger partial charge < -0.3 is 0 Å². The largest absolute Gasteiger partial charge is 0.289 e. The first-order chi connectivity index (χ1) is 5.47. The first-order valence-corrected chi connectivity index (χ1v) is 5.10. The summed E-state index contributed by atoms with van der Waals surface area (Å²) >= 11 is 0. The van der Waals surface area contributed by atoms with Crippen LogP contribution in [0.5, 0.6) is 0 Å². The third-order valence-corrected chi connectivity index (χ3v) is 3.47. The SMILES string of the molecule is C1=S(c2ccccn2)CCN1. The minimum atomic E-state index is 0.262. The van der Waals surface area contributed by atoms with Crippen molar-refractivity contribution in [2.75, 3.05) is 12.3 Å². The lowest BCUT2D eigenvalue weighted by Crippen LogP contribution is -2.04. The lowest BCUT2D eigenvalue weighted by molar-refractivity contribution is 1.02. The fourth-order valence-corrected chi connectivity index (χ4v) is 2.61. The van der Waals surface area contributed by atoms with E-state index in [0.717, 1.165) is 6.54 Å². The number of aromatic nitrogens is 1. The first-order valence-electron chi connectivity index (χ1n) is 3.64. The van der Waals surface area contributed by atoms with Crippen LogP contribution in [-0.2, 0) is 0 Å². The van der Waals surface area contributed by atoms with Gasteiger partial charge in [-0.15, -0.1) is 10.5 Å². The second-order valence-electron chi connectivity index (χ2n) is 2.37. The van der Waals surface area contributed by atoms with Gasteiger partial charge in [0.1, 0.15) is 0 Å². The highest BCUT2D eigenvalue weighted by molar-refractivity contribution is 8.15. The summed E-state index contributed by atoms with van der Waals surface area (Å²) < 4.78 is 0. The van der Waals surface area contributed by atoms with E-state index in [0.29, 0.717) is 0 Å². The van der Waals surface area contributed by atoms with E-state index in [1.54, 1.807) is 0 Å². The molecule has 1 aliphatic rings. The molecule has 0 saturated heterocycles. The molecule has 1 aliphatic heterocycles. The van der Waals surface area contributed by atoms with Crippen LogP contribution in [0, 0.1) is 0 Å². The van der Waals surface area contributed by atoms with Crippen molar-refractivity contribution >= 4 is 16.0 Å². The van der Waals surface area contributed by atoms with Gasteiger partial charge in [-0.25, -0.2) is 0 Å². The molecule has 1 N–H and O–H groups in total. The third-order valence-electron chi connectivity index (χ3n) is 1.60. The Morgan fingerprint density at radius 2 is 2.45 bits per heavy atom. The van der Waals surface area contributed by atoms with Crippen molar-refractivity contribution in [3.8, 4) is 0 Å². The number of nitrogens with one attached hydrogen (secondary N) is 1. The highest BCUT2D eigenvalue weighted by atomic mass is 32.2. The third kappa shape index (κ3) is 1.49. The van der Waals surface area contributed by atoms with E-state index >= 15 is 0 Å². The summed E-state index contributed by atoms with van der Waals surface area (Å²) in [6.45, 7) is 1.10. The zero-order valence-corrected chi connectivity index (χ0v) is 6.97. The first kappa shape index (κ1) is 7.00. The Balaban J connectivity index is 2.29. The van der Waals surface area contributed by atoms with Crippen molar-refractivity contribution < 1.29 is 0 Å². The lowest BCUT2D eigenvalue weighted by Gasteiger charge is -1.98. The summed E-state index contributed by atoms with van der Waals surface area (Å²) in [5.41, 5.74) is 2.16. The Hall–Kier alpha value is -0.670. The Bertz CT molecular complexity index is 269. The zero-order chi connectivity index (χ0) is 7.52. The molecule has 0 bridgehead atoms. The molecule has 0 fully saturated rings. The molecule has 0 aromatic carbocycles. The van der Waals surface area contributed by atoms with Crippen molar-refractivity contribution in [1.82, 2.24) is 10.3 Å². The van der Waals surface area contributed by atoms with Gasteiger partial charge in [-0.1, -0.05) is 6.07 Å². The smallest absolute Gasteiger partial charge is 0.0915 e. The number of hydrogen-bond acceptors (Lipinski definition) is 2. The van der Waals surface area contributed by atoms with Gasteiger partial charge in [-0.05, 0) is 12.1 Å². The molecule has 1 unspecified atom stereocenters. The molecule has 2 rings (SSSR count). The van der Waals surface area contributed by atoms with Gasteiger partial charge in [-0.2, -0.15) is 0 Å². The van der Waals surface area contributed by atoms with Crippen molar-refractivity contribution in [3.05, 3.63) is 24.4 Å². The average Bonchev–Trinajstić information content (AvgIpc) is 2.58. The van der Waals surface area contributed by atoms with Crippen LogP contribution in [0.15, 0.2) is 29.4 Å². The van der Waals surface area contributed by atoms with Crippen LogP contribution in [0.2, 0.25) is 0 Å². The van der Waals surface area contributed by atoms with E-state index in [9.17, 15) is 0 Å². The molecule has 1 aromatic heterocycles. The number of nitrogens with zero attached hydrogens (tertiary/aromatic N) is 1. The van der Waals surface area contributed by atoms with E-state index in [4.69, 9.17) is 0 Å². The second kappa shape index (κ2) is 3.15. The Kier molecular flexibility index (Phi) is 2.01. The molecule has 2 heterocycles. The Morgan fingerprint density at radius 1 is 1.45 bits per heavy atom. The van der Waals surface area contributed by atoms with Crippen molar-refractivity contribution in [2.24, 2.45) is 0 Å². The van der Waals surface area contributed by atoms with E-state index in [-0.39, 0.29) is 10.5 Å². The molecule has 0 saturated carbocycles. The minimum Gasteiger partial charge on any atom is -0.289 e. The van der Waals surface area contributed by atoms with Crippen molar-refractivity contribution in [3.63, 3.8) is 0 Å². The fraction of sp³-hybridized carbons (Fsp3) is 0.250. The maximum Gasteiger partial charge on any atom is 0.0915 e. The molecule has 58 valence electrons. The number of pyridine rings is 1. The van der Waals surface area contributed by atoms with Crippen LogP contribution < -0.4 is 5.32 Å². The van der Waals surface area contributed by atoms with Gasteiger partial charge in [0.15, 0.2) is 0 Å². The van der Waals surface area contributed by atoms with E-state index in [1.807, 2.05) is 18.3 Å². The second-order valence-corrected chi connectivity index (χ2v) is 4.29. The van der Waals surface area contributed by atoms with E-state index in [2.05, 4.69) is 21.9 Å².